The summed E-state index contributed by atoms with van der Waals surface area (Å²) in [5.41, 5.74) is 4.33. The smallest absolute Gasteiger partial charge is 0.119 e. The lowest BCUT2D eigenvalue weighted by Gasteiger charge is -2.22. The maximum atomic E-state index is 6.11. The molecule has 1 fully saturated rings. The van der Waals surface area contributed by atoms with Crippen LogP contribution in [-0.2, 0) is 19.5 Å². The van der Waals surface area contributed by atoms with Gasteiger partial charge in [0.15, 0.2) is 0 Å². The number of benzene rings is 2. The number of piperidine rings is 1. The van der Waals surface area contributed by atoms with Crippen molar-refractivity contribution in [2.24, 2.45) is 5.92 Å². The van der Waals surface area contributed by atoms with E-state index in [0.29, 0.717) is 0 Å². The van der Waals surface area contributed by atoms with E-state index in [0.717, 1.165) is 44.3 Å². The first-order valence-corrected chi connectivity index (χ1v) is 11.4. The molecule has 1 atom stereocenters. The fourth-order valence-corrected chi connectivity index (χ4v) is 4.61. The fourth-order valence-electron chi connectivity index (χ4n) is 4.42. The molecule has 2 aromatic carbocycles. The predicted octanol–water partition coefficient (Wildman–Crippen LogP) is 3.90. The van der Waals surface area contributed by atoms with Crippen LogP contribution in [0.5, 0.6) is 5.75 Å². The summed E-state index contributed by atoms with van der Waals surface area (Å²) >= 11 is 0. The molecular formula is C24H33N2OP. The van der Waals surface area contributed by atoms with Crippen molar-refractivity contribution in [3.05, 3.63) is 59.2 Å². The van der Waals surface area contributed by atoms with Gasteiger partial charge in [0.25, 0.3) is 0 Å². The van der Waals surface area contributed by atoms with Crippen molar-refractivity contribution in [1.82, 2.24) is 10.2 Å². The highest BCUT2D eigenvalue weighted by Gasteiger charge is 2.16. The molecule has 2 aliphatic rings. The van der Waals surface area contributed by atoms with E-state index >= 15 is 0 Å². The Hall–Kier alpha value is -1.41. The van der Waals surface area contributed by atoms with Crippen molar-refractivity contribution in [3.8, 4) is 5.75 Å². The minimum Gasteiger partial charge on any atom is -0.494 e. The van der Waals surface area contributed by atoms with E-state index in [9.17, 15) is 0 Å². The quantitative estimate of drug-likeness (QED) is 0.750. The molecule has 0 aromatic heterocycles. The summed E-state index contributed by atoms with van der Waals surface area (Å²) in [7, 11) is 2.76. The van der Waals surface area contributed by atoms with Gasteiger partial charge in [-0.1, -0.05) is 30.3 Å². The zero-order valence-corrected chi connectivity index (χ0v) is 18.0. The molecule has 1 N–H and O–H groups in total. The van der Waals surface area contributed by atoms with E-state index in [1.165, 1.54) is 60.8 Å². The molecule has 0 bridgehead atoms. The molecule has 0 aliphatic carbocycles. The number of ether oxygens (including phenoxy) is 1. The van der Waals surface area contributed by atoms with Gasteiger partial charge in [0, 0.05) is 13.1 Å². The maximum Gasteiger partial charge on any atom is 0.119 e. The van der Waals surface area contributed by atoms with Crippen molar-refractivity contribution in [1.29, 1.82) is 0 Å². The Morgan fingerprint density at radius 1 is 1.04 bits per heavy atom. The van der Waals surface area contributed by atoms with Crippen LogP contribution in [0.3, 0.4) is 0 Å². The van der Waals surface area contributed by atoms with Gasteiger partial charge < -0.3 is 10.1 Å². The van der Waals surface area contributed by atoms with Gasteiger partial charge in [-0.15, -0.1) is 9.24 Å². The number of nitrogens with one attached hydrogen (secondary N) is 1. The van der Waals surface area contributed by atoms with Crippen molar-refractivity contribution < 1.29 is 4.74 Å². The summed E-state index contributed by atoms with van der Waals surface area (Å²) in [5.74, 6) is 1.88. The van der Waals surface area contributed by atoms with Crippen molar-refractivity contribution in [2.45, 2.75) is 45.2 Å². The highest BCUT2D eigenvalue weighted by atomic mass is 31.0. The zero-order valence-electron chi connectivity index (χ0n) is 16.8. The number of nitrogens with zero attached hydrogens (tertiary/aromatic N) is 1. The largest absolute Gasteiger partial charge is 0.494 e. The Balaban J connectivity index is 1.32. The van der Waals surface area contributed by atoms with Gasteiger partial charge in [-0.05, 0) is 91.8 Å². The summed E-state index contributed by atoms with van der Waals surface area (Å²) in [6.07, 6.45) is 6.14. The van der Waals surface area contributed by atoms with Crippen LogP contribution in [-0.4, -0.2) is 31.1 Å². The van der Waals surface area contributed by atoms with Gasteiger partial charge in [0.2, 0.25) is 0 Å². The SMILES string of the molecule is Pc1ccc(CN2CCCc3cc(OCCC4CCNCC4)ccc3C2)cc1. The van der Waals surface area contributed by atoms with Gasteiger partial charge in [-0.2, -0.15) is 0 Å². The molecule has 0 spiro atoms. The van der Waals surface area contributed by atoms with Crippen LogP contribution >= 0.6 is 9.24 Å². The first-order chi connectivity index (χ1) is 13.8. The van der Waals surface area contributed by atoms with Crippen LogP contribution in [0.15, 0.2) is 42.5 Å². The van der Waals surface area contributed by atoms with Gasteiger partial charge in [-0.3, -0.25) is 4.90 Å². The Morgan fingerprint density at radius 3 is 2.68 bits per heavy atom. The average molecular weight is 397 g/mol. The Morgan fingerprint density at radius 2 is 1.86 bits per heavy atom. The molecule has 1 unspecified atom stereocenters. The van der Waals surface area contributed by atoms with Gasteiger partial charge in [0.1, 0.15) is 5.75 Å². The van der Waals surface area contributed by atoms with E-state index in [1.54, 1.807) is 0 Å². The summed E-state index contributed by atoms with van der Waals surface area (Å²) < 4.78 is 6.11. The number of fused-ring (bicyclic) bond motifs is 1. The van der Waals surface area contributed by atoms with Crippen LogP contribution in [0, 0.1) is 5.92 Å². The third-order valence-electron chi connectivity index (χ3n) is 6.13. The van der Waals surface area contributed by atoms with Crippen LogP contribution < -0.4 is 15.4 Å². The second-order valence-corrected chi connectivity index (χ2v) is 8.98. The highest BCUT2D eigenvalue weighted by Crippen LogP contribution is 2.25. The van der Waals surface area contributed by atoms with Crippen LogP contribution in [0.25, 0.3) is 0 Å². The van der Waals surface area contributed by atoms with Gasteiger partial charge in [-0.25, -0.2) is 0 Å². The van der Waals surface area contributed by atoms with Crippen LogP contribution in [0.1, 0.15) is 42.4 Å². The fraction of sp³-hybridized carbons (Fsp3) is 0.500. The van der Waals surface area contributed by atoms with Crippen molar-refractivity contribution in [3.63, 3.8) is 0 Å². The minimum atomic E-state index is 0.830. The standard InChI is InChI=1S/C24H33N2OP/c28-24-7-3-20(4-8-24)17-26-14-1-2-21-16-23(6-5-22(21)18-26)27-15-11-19-9-12-25-13-10-19/h3-8,16,19,25H,1-2,9-15,17-18,28H2. The van der Waals surface area contributed by atoms with Crippen LogP contribution in [0.2, 0.25) is 0 Å². The molecule has 1 saturated heterocycles. The van der Waals surface area contributed by atoms with E-state index in [4.69, 9.17) is 4.74 Å². The van der Waals surface area contributed by atoms with Gasteiger partial charge >= 0.3 is 0 Å². The lowest BCUT2D eigenvalue weighted by atomic mass is 9.95. The molecule has 3 nitrogen and oxygen atoms in total. The van der Waals surface area contributed by atoms with Gasteiger partial charge in [0.05, 0.1) is 6.61 Å². The molecule has 4 rings (SSSR count). The topological polar surface area (TPSA) is 24.5 Å². The monoisotopic (exact) mass is 396 g/mol. The molecule has 28 heavy (non-hydrogen) atoms. The molecule has 2 aliphatic heterocycles. The first kappa shape index (κ1) is 19.9. The molecular weight excluding hydrogens is 363 g/mol. The third-order valence-corrected chi connectivity index (χ3v) is 6.52. The Bertz CT molecular complexity index is 756. The second kappa shape index (κ2) is 9.87. The number of aryl methyl sites for hydroxylation is 1. The molecule has 150 valence electrons. The normalized spacial score (nSPS) is 18.5. The molecule has 0 radical (unpaired) electrons. The number of hydrogen-bond acceptors (Lipinski definition) is 3. The maximum absolute atomic E-state index is 6.11. The number of hydrogen-bond donors (Lipinski definition) is 1. The Kier molecular flexibility index (Phi) is 7.01. The molecule has 0 amide bonds. The van der Waals surface area contributed by atoms with Crippen molar-refractivity contribution in [2.75, 3.05) is 26.2 Å². The third kappa shape index (κ3) is 5.56. The van der Waals surface area contributed by atoms with E-state index in [2.05, 4.69) is 61.9 Å². The lowest BCUT2D eigenvalue weighted by Crippen LogP contribution is -2.28. The molecule has 4 heteroatoms. The van der Waals surface area contributed by atoms with E-state index in [-0.39, 0.29) is 0 Å². The predicted molar refractivity (Wildman–Crippen MR) is 120 cm³/mol. The summed E-state index contributed by atoms with van der Waals surface area (Å²) in [6.45, 7) is 6.40. The zero-order chi connectivity index (χ0) is 19.2. The second-order valence-electron chi connectivity index (χ2n) is 8.32. The van der Waals surface area contributed by atoms with E-state index in [1.807, 2.05) is 0 Å². The average Bonchev–Trinajstić information content (AvgIpc) is 2.92. The lowest BCUT2D eigenvalue weighted by molar-refractivity contribution is 0.251. The van der Waals surface area contributed by atoms with Crippen molar-refractivity contribution >= 4 is 14.5 Å². The Labute approximate surface area is 172 Å². The molecule has 2 aromatic rings. The first-order valence-electron chi connectivity index (χ1n) is 10.8. The molecule has 2 heterocycles. The van der Waals surface area contributed by atoms with E-state index < -0.39 is 0 Å². The summed E-state index contributed by atoms with van der Waals surface area (Å²) in [5, 5.41) is 4.69. The highest BCUT2D eigenvalue weighted by molar-refractivity contribution is 7.27. The minimum absolute atomic E-state index is 0.830. The summed E-state index contributed by atoms with van der Waals surface area (Å²) in [4.78, 5) is 2.57. The van der Waals surface area contributed by atoms with Crippen LogP contribution in [0.4, 0.5) is 0 Å². The summed E-state index contributed by atoms with van der Waals surface area (Å²) in [6, 6.07) is 15.6. The number of rotatable bonds is 6. The molecule has 0 saturated carbocycles.